The van der Waals surface area contributed by atoms with Crippen LogP contribution in [0.15, 0.2) is 24.3 Å². The van der Waals surface area contributed by atoms with Gasteiger partial charge in [0.05, 0.1) is 16.4 Å². The van der Waals surface area contributed by atoms with Crippen LogP contribution in [0.25, 0.3) is 5.69 Å². The topological polar surface area (TPSA) is 50.1 Å². The van der Waals surface area contributed by atoms with Gasteiger partial charge in [0.1, 0.15) is 5.15 Å². The maximum atomic E-state index is 8.93. The van der Waals surface area contributed by atoms with Gasteiger partial charge in [0.2, 0.25) is 0 Å². The summed E-state index contributed by atoms with van der Waals surface area (Å²) in [6.45, 7) is 4.72. The molecule has 2 rings (SSSR count). The van der Waals surface area contributed by atoms with Gasteiger partial charge >= 0.3 is 0 Å². The Labute approximate surface area is 134 Å². The van der Waals surface area contributed by atoms with E-state index in [0.717, 1.165) is 16.9 Å². The number of hydrogen-bond acceptors (Lipinski definition) is 3. The number of hydrogen-bond donors (Lipinski definition) is 2. The van der Waals surface area contributed by atoms with Crippen LogP contribution in [0.5, 0.6) is 0 Å². The number of nitrogens with zero attached hydrogens (tertiary/aromatic N) is 2. The Morgan fingerprint density at radius 3 is 2.71 bits per heavy atom. The van der Waals surface area contributed by atoms with Crippen molar-refractivity contribution < 1.29 is 5.11 Å². The first-order valence-electron chi connectivity index (χ1n) is 6.87. The Morgan fingerprint density at radius 1 is 1.33 bits per heavy atom. The summed E-state index contributed by atoms with van der Waals surface area (Å²) in [5, 5.41) is 17.9. The second-order valence-electron chi connectivity index (χ2n) is 5.01. The fraction of sp³-hybridized carbons (Fsp3) is 0.400. The summed E-state index contributed by atoms with van der Waals surface area (Å²) in [7, 11) is 0. The zero-order valence-electron chi connectivity index (χ0n) is 12.1. The Bertz CT molecular complexity index is 613. The molecule has 114 valence electrons. The number of benzene rings is 1. The lowest BCUT2D eigenvalue weighted by molar-refractivity contribution is 0.268. The van der Waals surface area contributed by atoms with E-state index in [1.165, 1.54) is 0 Å². The largest absolute Gasteiger partial charge is 0.396 e. The number of aliphatic hydroxyl groups excluding tert-OH is 1. The molecule has 0 fully saturated rings. The summed E-state index contributed by atoms with van der Waals surface area (Å²) < 4.78 is 1.66. The van der Waals surface area contributed by atoms with Crippen molar-refractivity contribution in [3.05, 3.63) is 45.7 Å². The minimum Gasteiger partial charge on any atom is -0.396 e. The van der Waals surface area contributed by atoms with E-state index >= 15 is 0 Å². The molecule has 4 nitrogen and oxygen atoms in total. The molecule has 2 N–H and O–H groups in total. The van der Waals surface area contributed by atoms with Crippen LogP contribution < -0.4 is 5.32 Å². The van der Waals surface area contributed by atoms with Crippen molar-refractivity contribution in [2.75, 3.05) is 6.61 Å². The first-order valence-corrected chi connectivity index (χ1v) is 7.63. The van der Waals surface area contributed by atoms with Crippen molar-refractivity contribution in [3.8, 4) is 5.69 Å². The van der Waals surface area contributed by atoms with Gasteiger partial charge in [-0.3, -0.25) is 0 Å². The lowest BCUT2D eigenvalue weighted by atomic mass is 10.2. The first-order chi connectivity index (χ1) is 10.0. The van der Waals surface area contributed by atoms with E-state index < -0.39 is 0 Å². The van der Waals surface area contributed by atoms with Gasteiger partial charge in [-0.15, -0.1) is 0 Å². The van der Waals surface area contributed by atoms with Crippen molar-refractivity contribution in [3.63, 3.8) is 0 Å². The van der Waals surface area contributed by atoms with E-state index in [1.54, 1.807) is 4.68 Å². The van der Waals surface area contributed by atoms with Crippen molar-refractivity contribution in [2.24, 2.45) is 0 Å². The number of aromatic nitrogens is 2. The number of halogens is 2. The average molecular weight is 328 g/mol. The van der Waals surface area contributed by atoms with Gasteiger partial charge in [0, 0.05) is 24.8 Å². The van der Waals surface area contributed by atoms with Gasteiger partial charge in [0.25, 0.3) is 0 Å². The fourth-order valence-corrected chi connectivity index (χ4v) is 2.64. The maximum absolute atomic E-state index is 8.93. The van der Waals surface area contributed by atoms with Gasteiger partial charge in [-0.25, -0.2) is 4.68 Å². The molecule has 0 radical (unpaired) electrons. The molecule has 21 heavy (non-hydrogen) atoms. The third-order valence-electron chi connectivity index (χ3n) is 3.39. The molecule has 0 amide bonds. The molecule has 0 aliphatic heterocycles. The summed E-state index contributed by atoms with van der Waals surface area (Å²) in [5.41, 5.74) is 2.58. The molecule has 1 unspecified atom stereocenters. The van der Waals surface area contributed by atoms with Crippen LogP contribution in [0, 0.1) is 6.92 Å². The first kappa shape index (κ1) is 16.3. The molecule has 1 atom stereocenters. The maximum Gasteiger partial charge on any atom is 0.137 e. The molecule has 0 bridgehead atoms. The quantitative estimate of drug-likeness (QED) is 0.855. The summed E-state index contributed by atoms with van der Waals surface area (Å²) in [5.74, 6) is 0. The molecule has 0 spiro atoms. The molecular formula is C15H19Cl2N3O. The highest BCUT2D eigenvalue weighted by atomic mass is 35.5. The predicted octanol–water partition coefficient (Wildman–Crippen LogP) is 3.35. The zero-order valence-corrected chi connectivity index (χ0v) is 13.6. The number of nitrogens with one attached hydrogen (secondary N) is 1. The molecule has 2 aromatic rings. The zero-order chi connectivity index (χ0) is 15.4. The highest BCUT2D eigenvalue weighted by Gasteiger charge is 2.16. The lowest BCUT2D eigenvalue weighted by Gasteiger charge is -2.12. The van der Waals surface area contributed by atoms with Crippen molar-refractivity contribution in [1.29, 1.82) is 0 Å². The van der Waals surface area contributed by atoms with Crippen LogP contribution in [-0.4, -0.2) is 27.5 Å². The second-order valence-corrected chi connectivity index (χ2v) is 5.78. The van der Waals surface area contributed by atoms with E-state index in [4.69, 9.17) is 28.3 Å². The third-order valence-corrected chi connectivity index (χ3v) is 4.10. The molecule has 6 heteroatoms. The number of aliphatic hydroxyl groups is 1. The normalized spacial score (nSPS) is 12.6. The van der Waals surface area contributed by atoms with Crippen LogP contribution in [-0.2, 0) is 6.54 Å². The molecule has 0 saturated heterocycles. The van der Waals surface area contributed by atoms with Gasteiger partial charge in [-0.2, -0.15) is 5.10 Å². The Morgan fingerprint density at radius 2 is 2.05 bits per heavy atom. The molecule has 1 aromatic carbocycles. The summed E-state index contributed by atoms with van der Waals surface area (Å²) in [6, 6.07) is 7.68. The van der Waals surface area contributed by atoms with Crippen LogP contribution in [0.3, 0.4) is 0 Å². The summed E-state index contributed by atoms with van der Waals surface area (Å²) in [6.07, 6.45) is 0.704. The Hall–Kier alpha value is -1.07. The molecule has 0 aliphatic carbocycles. The van der Waals surface area contributed by atoms with Gasteiger partial charge in [0.15, 0.2) is 0 Å². The fourth-order valence-electron chi connectivity index (χ4n) is 2.09. The van der Waals surface area contributed by atoms with Crippen molar-refractivity contribution >= 4 is 23.2 Å². The minimum absolute atomic E-state index is 0.166. The van der Waals surface area contributed by atoms with E-state index in [0.29, 0.717) is 23.1 Å². The lowest BCUT2D eigenvalue weighted by Crippen LogP contribution is -2.26. The smallest absolute Gasteiger partial charge is 0.137 e. The Balaban J connectivity index is 2.24. The third kappa shape index (κ3) is 3.77. The van der Waals surface area contributed by atoms with Gasteiger partial charge in [-0.1, -0.05) is 35.3 Å². The van der Waals surface area contributed by atoms with Crippen molar-refractivity contribution in [1.82, 2.24) is 15.1 Å². The molecule has 1 heterocycles. The molecular weight excluding hydrogens is 309 g/mol. The molecule has 0 aliphatic rings. The standard InChI is InChI=1S/C15H19Cl2N3O/c1-10(7-8-21)18-9-12-11(2)19-20(15(12)17)14-6-4-3-5-13(14)16/h3-6,10,18,21H,7-9H2,1-2H3. The second kappa shape index (κ2) is 7.27. The predicted molar refractivity (Wildman–Crippen MR) is 86.3 cm³/mol. The SMILES string of the molecule is Cc1nn(-c2ccccc2Cl)c(Cl)c1CNC(C)CCO. The van der Waals surface area contributed by atoms with Crippen LogP contribution in [0.2, 0.25) is 10.2 Å². The monoisotopic (exact) mass is 327 g/mol. The van der Waals surface area contributed by atoms with E-state index in [1.807, 2.05) is 38.1 Å². The molecule has 1 aromatic heterocycles. The number of para-hydroxylation sites is 1. The minimum atomic E-state index is 0.166. The highest BCUT2D eigenvalue weighted by molar-refractivity contribution is 6.33. The summed E-state index contributed by atoms with van der Waals surface area (Å²) >= 11 is 12.6. The summed E-state index contributed by atoms with van der Waals surface area (Å²) in [4.78, 5) is 0. The van der Waals surface area contributed by atoms with E-state index in [2.05, 4.69) is 10.4 Å². The van der Waals surface area contributed by atoms with Gasteiger partial charge in [-0.05, 0) is 32.4 Å². The van der Waals surface area contributed by atoms with E-state index in [9.17, 15) is 0 Å². The number of rotatable bonds is 6. The van der Waals surface area contributed by atoms with Crippen LogP contribution in [0.4, 0.5) is 0 Å². The molecule has 0 saturated carbocycles. The Kier molecular flexibility index (Phi) is 5.65. The van der Waals surface area contributed by atoms with Crippen molar-refractivity contribution in [2.45, 2.75) is 32.9 Å². The van der Waals surface area contributed by atoms with Gasteiger partial charge < -0.3 is 10.4 Å². The highest BCUT2D eigenvalue weighted by Crippen LogP contribution is 2.27. The number of aryl methyl sites for hydroxylation is 1. The van der Waals surface area contributed by atoms with Crippen LogP contribution in [0.1, 0.15) is 24.6 Å². The van der Waals surface area contributed by atoms with Crippen LogP contribution >= 0.6 is 23.2 Å². The van der Waals surface area contributed by atoms with E-state index in [-0.39, 0.29) is 12.6 Å². The average Bonchev–Trinajstić information content (AvgIpc) is 2.73.